The highest BCUT2D eigenvalue weighted by atomic mass is 19.4. The number of hydrogen-bond donors (Lipinski definition) is 1. The Balaban J connectivity index is 1.77. The third-order valence-corrected chi connectivity index (χ3v) is 3.61. The number of alkyl halides is 3. The first kappa shape index (κ1) is 17.1. The number of hydrogen-bond acceptors (Lipinski definition) is 4. The van der Waals surface area contributed by atoms with Crippen LogP contribution in [0.5, 0.6) is 5.75 Å². The van der Waals surface area contributed by atoms with Gasteiger partial charge in [0.25, 0.3) is 0 Å². The van der Waals surface area contributed by atoms with Crippen LogP contribution in [0.15, 0.2) is 24.3 Å². The van der Waals surface area contributed by atoms with Crippen molar-refractivity contribution in [1.29, 1.82) is 0 Å². The summed E-state index contributed by atoms with van der Waals surface area (Å²) in [6.07, 6.45) is -4.31. The minimum atomic E-state index is -4.31. The van der Waals surface area contributed by atoms with Gasteiger partial charge >= 0.3 is 6.18 Å². The summed E-state index contributed by atoms with van der Waals surface area (Å²) in [5.74, 6) is 0.230. The van der Waals surface area contributed by atoms with Crippen LogP contribution in [0.3, 0.4) is 0 Å². The van der Waals surface area contributed by atoms with Crippen LogP contribution in [0.4, 0.5) is 13.2 Å². The van der Waals surface area contributed by atoms with E-state index in [4.69, 9.17) is 5.11 Å². The molecule has 4 nitrogen and oxygen atoms in total. The molecule has 0 aliphatic carbocycles. The van der Waals surface area contributed by atoms with Crippen LogP contribution < -0.4 is 4.74 Å². The van der Waals surface area contributed by atoms with Crippen molar-refractivity contribution in [1.82, 2.24) is 9.80 Å². The number of piperazine rings is 1. The Hall–Kier alpha value is -1.31. The highest BCUT2D eigenvalue weighted by molar-refractivity contribution is 5.27. The lowest BCUT2D eigenvalue weighted by Gasteiger charge is -2.34. The maximum atomic E-state index is 12.1. The lowest BCUT2D eigenvalue weighted by atomic mass is 10.2. The molecule has 0 amide bonds. The smallest absolute Gasteiger partial charge is 0.422 e. The molecular formula is C15H21F3N2O2. The fraction of sp³-hybridized carbons (Fsp3) is 0.600. The summed E-state index contributed by atoms with van der Waals surface area (Å²) in [5.41, 5.74) is 1.05. The predicted molar refractivity (Wildman–Crippen MR) is 76.8 cm³/mol. The predicted octanol–water partition coefficient (Wildman–Crippen LogP) is 1.74. The molecule has 0 atom stereocenters. The topological polar surface area (TPSA) is 35.9 Å². The van der Waals surface area contributed by atoms with Crippen molar-refractivity contribution in [2.45, 2.75) is 12.7 Å². The van der Waals surface area contributed by atoms with Gasteiger partial charge in [-0.2, -0.15) is 13.2 Å². The number of aliphatic hydroxyl groups excluding tert-OH is 1. The molecule has 7 heteroatoms. The van der Waals surface area contributed by atoms with Gasteiger partial charge in [-0.1, -0.05) is 12.1 Å². The van der Waals surface area contributed by atoms with Crippen molar-refractivity contribution in [3.63, 3.8) is 0 Å². The van der Waals surface area contributed by atoms with Crippen LogP contribution in [0, 0.1) is 0 Å². The van der Waals surface area contributed by atoms with Crippen LogP contribution in [-0.2, 0) is 6.54 Å². The second kappa shape index (κ2) is 7.80. The van der Waals surface area contributed by atoms with Crippen molar-refractivity contribution in [3.05, 3.63) is 29.8 Å². The maximum Gasteiger partial charge on any atom is 0.422 e. The van der Waals surface area contributed by atoms with Gasteiger partial charge in [0, 0.05) is 39.3 Å². The highest BCUT2D eigenvalue weighted by Crippen LogP contribution is 2.19. The van der Waals surface area contributed by atoms with Crippen LogP contribution in [-0.4, -0.2) is 67.0 Å². The van der Waals surface area contributed by atoms with E-state index in [1.54, 1.807) is 24.3 Å². The quantitative estimate of drug-likeness (QED) is 0.867. The van der Waals surface area contributed by atoms with Gasteiger partial charge < -0.3 is 9.84 Å². The molecule has 0 spiro atoms. The van der Waals surface area contributed by atoms with Gasteiger partial charge in [-0.25, -0.2) is 0 Å². The molecule has 0 bridgehead atoms. The van der Waals surface area contributed by atoms with Crippen molar-refractivity contribution < 1.29 is 23.0 Å². The summed E-state index contributed by atoms with van der Waals surface area (Å²) in [7, 11) is 0. The van der Waals surface area contributed by atoms with Crippen LogP contribution in [0.25, 0.3) is 0 Å². The number of β-amino-alcohol motifs (C(OH)–C–C–N with tert-alkyl or cyclic N) is 1. The first-order valence-electron chi connectivity index (χ1n) is 7.30. The number of benzene rings is 1. The maximum absolute atomic E-state index is 12.1. The van der Waals surface area contributed by atoms with E-state index in [1.165, 1.54) is 0 Å². The Morgan fingerprint density at radius 1 is 1.00 bits per heavy atom. The number of nitrogens with zero attached hydrogens (tertiary/aromatic N) is 2. The molecule has 1 aliphatic rings. The number of aliphatic hydroxyl groups is 1. The Morgan fingerprint density at radius 2 is 1.59 bits per heavy atom. The molecule has 1 fully saturated rings. The molecule has 1 heterocycles. The summed E-state index contributed by atoms with van der Waals surface area (Å²) < 4.78 is 40.9. The van der Waals surface area contributed by atoms with Crippen LogP contribution in [0.2, 0.25) is 0 Å². The second-order valence-corrected chi connectivity index (χ2v) is 5.39. The first-order valence-corrected chi connectivity index (χ1v) is 7.30. The van der Waals surface area contributed by atoms with Crippen molar-refractivity contribution in [2.24, 2.45) is 0 Å². The molecule has 0 unspecified atom stereocenters. The van der Waals surface area contributed by atoms with E-state index in [0.29, 0.717) is 6.54 Å². The summed E-state index contributed by atoms with van der Waals surface area (Å²) in [5, 5.41) is 8.90. The van der Waals surface area contributed by atoms with Crippen LogP contribution >= 0.6 is 0 Å². The average molecular weight is 318 g/mol. The Kier molecular flexibility index (Phi) is 6.05. The number of rotatable bonds is 6. The lowest BCUT2D eigenvalue weighted by molar-refractivity contribution is -0.153. The molecule has 1 N–H and O–H groups in total. The zero-order chi connectivity index (χ0) is 16.0. The first-order chi connectivity index (χ1) is 10.5. The summed E-state index contributed by atoms with van der Waals surface area (Å²) in [4.78, 5) is 4.50. The Morgan fingerprint density at radius 3 is 2.14 bits per heavy atom. The van der Waals surface area contributed by atoms with Gasteiger partial charge in [0.2, 0.25) is 0 Å². The lowest BCUT2D eigenvalue weighted by Crippen LogP contribution is -2.46. The van der Waals surface area contributed by atoms with Crippen molar-refractivity contribution >= 4 is 0 Å². The summed E-state index contributed by atoms with van der Waals surface area (Å²) >= 11 is 0. The zero-order valence-electron chi connectivity index (χ0n) is 12.4. The average Bonchev–Trinajstić information content (AvgIpc) is 2.48. The molecule has 0 saturated carbocycles. The zero-order valence-corrected chi connectivity index (χ0v) is 12.4. The van der Waals surface area contributed by atoms with E-state index in [2.05, 4.69) is 14.5 Å². The standard InChI is InChI=1S/C15H21F3N2O2/c16-15(17,18)12-22-14-3-1-13(2-4-14)11-20-7-5-19(6-8-20)9-10-21/h1-4,21H,5-12H2. The van der Waals surface area contributed by atoms with Crippen LogP contribution in [0.1, 0.15) is 5.56 Å². The minimum absolute atomic E-state index is 0.180. The second-order valence-electron chi connectivity index (χ2n) is 5.39. The number of ether oxygens (including phenoxy) is 1. The van der Waals surface area contributed by atoms with E-state index < -0.39 is 12.8 Å². The van der Waals surface area contributed by atoms with Gasteiger partial charge in [0.15, 0.2) is 6.61 Å². The molecule has 1 aromatic carbocycles. The molecule has 0 aromatic heterocycles. The van der Waals surface area contributed by atoms with Crippen molar-refractivity contribution in [2.75, 3.05) is 45.9 Å². The largest absolute Gasteiger partial charge is 0.484 e. The normalized spacial score (nSPS) is 17.6. The molecule has 1 aliphatic heterocycles. The fourth-order valence-corrected chi connectivity index (χ4v) is 2.43. The molecule has 1 saturated heterocycles. The Labute approximate surface area is 128 Å². The third-order valence-electron chi connectivity index (χ3n) is 3.61. The van der Waals surface area contributed by atoms with E-state index >= 15 is 0 Å². The SMILES string of the molecule is OCCN1CCN(Cc2ccc(OCC(F)(F)F)cc2)CC1. The monoisotopic (exact) mass is 318 g/mol. The van der Waals surface area contributed by atoms with Gasteiger partial charge in [-0.05, 0) is 17.7 Å². The third kappa shape index (κ3) is 5.82. The van der Waals surface area contributed by atoms with E-state index in [1.807, 2.05) is 0 Å². The van der Waals surface area contributed by atoms with E-state index in [9.17, 15) is 13.2 Å². The summed E-state index contributed by atoms with van der Waals surface area (Å²) in [6, 6.07) is 6.74. The van der Waals surface area contributed by atoms with Gasteiger partial charge in [0.1, 0.15) is 5.75 Å². The summed E-state index contributed by atoms with van der Waals surface area (Å²) in [6.45, 7) is 4.09. The minimum Gasteiger partial charge on any atom is -0.484 e. The fourth-order valence-electron chi connectivity index (χ4n) is 2.43. The molecule has 124 valence electrons. The number of halogens is 3. The molecule has 0 radical (unpaired) electrons. The molecule has 22 heavy (non-hydrogen) atoms. The van der Waals surface area contributed by atoms with Gasteiger partial charge in [0.05, 0.1) is 6.61 Å². The highest BCUT2D eigenvalue weighted by Gasteiger charge is 2.28. The molecule has 2 rings (SSSR count). The van der Waals surface area contributed by atoms with E-state index in [0.717, 1.165) is 38.3 Å². The Bertz CT molecular complexity index is 443. The molecular weight excluding hydrogens is 297 g/mol. The van der Waals surface area contributed by atoms with Gasteiger partial charge in [-0.3, -0.25) is 9.80 Å². The molecule has 1 aromatic rings. The van der Waals surface area contributed by atoms with Gasteiger partial charge in [-0.15, -0.1) is 0 Å². The van der Waals surface area contributed by atoms with Crippen molar-refractivity contribution in [3.8, 4) is 5.75 Å². The van der Waals surface area contributed by atoms with E-state index in [-0.39, 0.29) is 12.4 Å².